The first-order chi connectivity index (χ1) is 16.1. The normalized spacial score (nSPS) is 12.6. The van der Waals surface area contributed by atoms with E-state index in [1.54, 1.807) is 4.90 Å². The highest BCUT2D eigenvalue weighted by atomic mass is 16.5. The maximum absolute atomic E-state index is 12.3. The molecule has 7 nitrogen and oxygen atoms in total. The lowest BCUT2D eigenvalue weighted by atomic mass is 10.1. The molecule has 1 aliphatic rings. The third-order valence-electron chi connectivity index (χ3n) is 5.37. The van der Waals surface area contributed by atoms with Crippen LogP contribution >= 0.6 is 0 Å². The molecule has 0 saturated carbocycles. The molecule has 0 aliphatic carbocycles. The second kappa shape index (κ2) is 8.63. The van der Waals surface area contributed by atoms with E-state index in [1.807, 2.05) is 67.6 Å². The van der Waals surface area contributed by atoms with Gasteiger partial charge in [0.2, 0.25) is 0 Å². The molecule has 0 fully saturated rings. The van der Waals surface area contributed by atoms with E-state index in [0.717, 1.165) is 33.7 Å². The van der Waals surface area contributed by atoms with Gasteiger partial charge in [0.15, 0.2) is 5.75 Å². The van der Waals surface area contributed by atoms with Gasteiger partial charge in [-0.2, -0.15) is 0 Å². The van der Waals surface area contributed by atoms with E-state index in [2.05, 4.69) is 21.9 Å². The van der Waals surface area contributed by atoms with Crippen LogP contribution in [0.15, 0.2) is 79.6 Å². The van der Waals surface area contributed by atoms with Gasteiger partial charge in [-0.15, -0.1) is 0 Å². The number of aromatic nitrogens is 2. The van der Waals surface area contributed by atoms with Gasteiger partial charge in [0.1, 0.15) is 30.3 Å². The molecule has 2 heterocycles. The number of nitrogens with one attached hydrogen (secondary N) is 1. The predicted octanol–water partition coefficient (Wildman–Crippen LogP) is 5.39. The van der Waals surface area contributed by atoms with Crippen LogP contribution in [0.25, 0.3) is 10.9 Å². The molecular formula is C26H22N4O3. The van der Waals surface area contributed by atoms with Crippen molar-refractivity contribution in [1.29, 1.82) is 0 Å². The molecule has 0 radical (unpaired) electrons. The topological polar surface area (TPSA) is 76.6 Å². The van der Waals surface area contributed by atoms with E-state index < -0.39 is 0 Å². The SMILES string of the molecule is C=CC(=O)N1CCOc2c1ccc1ncnc(Nc3ccc(Oc4cccc(C)c4)cc3)c21. The number of aryl methyl sites for hydroxylation is 1. The Hall–Kier alpha value is -4.39. The summed E-state index contributed by atoms with van der Waals surface area (Å²) in [7, 11) is 0. The summed E-state index contributed by atoms with van der Waals surface area (Å²) >= 11 is 0. The second-order valence-electron chi connectivity index (χ2n) is 7.64. The van der Waals surface area contributed by atoms with Crippen LogP contribution in [0.5, 0.6) is 17.2 Å². The number of hydrogen-bond acceptors (Lipinski definition) is 6. The number of anilines is 3. The lowest BCUT2D eigenvalue weighted by Gasteiger charge is -2.29. The molecule has 4 aromatic rings. The highest BCUT2D eigenvalue weighted by molar-refractivity contribution is 6.07. The van der Waals surface area contributed by atoms with Gasteiger partial charge in [0.25, 0.3) is 5.91 Å². The van der Waals surface area contributed by atoms with Gasteiger partial charge in [-0.25, -0.2) is 9.97 Å². The fourth-order valence-electron chi connectivity index (χ4n) is 3.82. The number of benzene rings is 3. The quantitative estimate of drug-likeness (QED) is 0.421. The molecule has 1 amide bonds. The van der Waals surface area contributed by atoms with Gasteiger partial charge in [-0.3, -0.25) is 4.79 Å². The number of ether oxygens (including phenoxy) is 2. The number of hydrogen-bond donors (Lipinski definition) is 1. The molecular weight excluding hydrogens is 416 g/mol. The Morgan fingerprint density at radius 3 is 2.76 bits per heavy atom. The summed E-state index contributed by atoms with van der Waals surface area (Å²) in [6.07, 6.45) is 2.81. The minimum atomic E-state index is -0.172. The van der Waals surface area contributed by atoms with Crippen LogP contribution in [-0.2, 0) is 4.79 Å². The maximum Gasteiger partial charge on any atom is 0.250 e. The average molecular weight is 438 g/mol. The van der Waals surface area contributed by atoms with Crippen LogP contribution in [0.1, 0.15) is 5.56 Å². The fraction of sp³-hybridized carbons (Fsp3) is 0.115. The molecule has 0 bridgehead atoms. The number of nitrogens with zero attached hydrogens (tertiary/aromatic N) is 3. The smallest absolute Gasteiger partial charge is 0.250 e. The first-order valence-electron chi connectivity index (χ1n) is 10.6. The van der Waals surface area contributed by atoms with E-state index in [0.29, 0.717) is 30.4 Å². The van der Waals surface area contributed by atoms with Crippen LogP contribution in [-0.4, -0.2) is 29.0 Å². The maximum atomic E-state index is 12.3. The van der Waals surface area contributed by atoms with E-state index in [4.69, 9.17) is 9.47 Å². The first kappa shape index (κ1) is 20.5. The van der Waals surface area contributed by atoms with Crippen molar-refractivity contribution in [2.45, 2.75) is 6.92 Å². The Balaban J connectivity index is 1.45. The summed E-state index contributed by atoms with van der Waals surface area (Å²) in [6, 6.07) is 19.2. The zero-order valence-corrected chi connectivity index (χ0v) is 18.1. The molecule has 0 spiro atoms. The highest BCUT2D eigenvalue weighted by Gasteiger charge is 2.25. The van der Waals surface area contributed by atoms with Crippen molar-refractivity contribution in [3.8, 4) is 17.2 Å². The van der Waals surface area contributed by atoms with Crippen LogP contribution in [0.3, 0.4) is 0 Å². The van der Waals surface area contributed by atoms with Gasteiger partial charge in [-0.05, 0) is 67.1 Å². The zero-order valence-electron chi connectivity index (χ0n) is 18.1. The molecule has 0 unspecified atom stereocenters. The highest BCUT2D eigenvalue weighted by Crippen LogP contribution is 2.41. The van der Waals surface area contributed by atoms with Crippen molar-refractivity contribution in [1.82, 2.24) is 9.97 Å². The number of amides is 1. The molecule has 3 aromatic carbocycles. The van der Waals surface area contributed by atoms with Gasteiger partial charge >= 0.3 is 0 Å². The molecule has 0 atom stereocenters. The van der Waals surface area contributed by atoms with Crippen molar-refractivity contribution >= 4 is 34.0 Å². The summed E-state index contributed by atoms with van der Waals surface area (Å²) in [5.74, 6) is 2.53. The van der Waals surface area contributed by atoms with E-state index >= 15 is 0 Å². The molecule has 7 heteroatoms. The molecule has 1 N–H and O–H groups in total. The van der Waals surface area contributed by atoms with E-state index in [9.17, 15) is 4.79 Å². The minimum Gasteiger partial charge on any atom is -0.489 e. The second-order valence-corrected chi connectivity index (χ2v) is 7.64. The van der Waals surface area contributed by atoms with Gasteiger partial charge in [0.05, 0.1) is 23.1 Å². The number of rotatable bonds is 5. The number of fused-ring (bicyclic) bond motifs is 3. The summed E-state index contributed by atoms with van der Waals surface area (Å²) in [4.78, 5) is 22.8. The Labute approximate surface area is 191 Å². The lowest BCUT2D eigenvalue weighted by molar-refractivity contribution is -0.114. The largest absolute Gasteiger partial charge is 0.489 e. The monoisotopic (exact) mass is 438 g/mol. The van der Waals surface area contributed by atoms with Crippen molar-refractivity contribution in [2.75, 3.05) is 23.4 Å². The van der Waals surface area contributed by atoms with Crippen LogP contribution in [0, 0.1) is 6.92 Å². The minimum absolute atomic E-state index is 0.172. The summed E-state index contributed by atoms with van der Waals surface area (Å²) in [5.41, 5.74) is 3.37. The molecule has 33 heavy (non-hydrogen) atoms. The molecule has 1 aliphatic heterocycles. The van der Waals surface area contributed by atoms with Crippen molar-refractivity contribution < 1.29 is 14.3 Å². The van der Waals surface area contributed by atoms with Crippen LogP contribution in [0.4, 0.5) is 17.2 Å². The molecule has 5 rings (SSSR count). The van der Waals surface area contributed by atoms with Crippen LogP contribution in [0.2, 0.25) is 0 Å². The summed E-state index contributed by atoms with van der Waals surface area (Å²) in [6.45, 7) is 6.47. The van der Waals surface area contributed by atoms with Crippen LogP contribution < -0.4 is 19.7 Å². The van der Waals surface area contributed by atoms with Gasteiger partial charge < -0.3 is 19.7 Å². The fourth-order valence-corrected chi connectivity index (χ4v) is 3.82. The number of carbonyl (C=O) groups is 1. The van der Waals surface area contributed by atoms with Crippen molar-refractivity contribution in [2.24, 2.45) is 0 Å². The van der Waals surface area contributed by atoms with E-state index in [1.165, 1.54) is 12.4 Å². The molecule has 0 saturated heterocycles. The van der Waals surface area contributed by atoms with Crippen molar-refractivity contribution in [3.63, 3.8) is 0 Å². The standard InChI is InChI=1S/C26H22N4O3/c1-3-23(31)30-13-14-32-25-22(30)12-11-21-24(25)26(28-16-27-21)29-18-7-9-19(10-8-18)33-20-6-4-5-17(2)15-20/h3-12,15-16H,1,13-14H2,2H3,(H,27,28,29). The Morgan fingerprint density at radius 1 is 1.12 bits per heavy atom. The predicted molar refractivity (Wildman–Crippen MR) is 129 cm³/mol. The van der Waals surface area contributed by atoms with Gasteiger partial charge in [-0.1, -0.05) is 18.7 Å². The third kappa shape index (κ3) is 4.08. The Morgan fingerprint density at radius 2 is 1.97 bits per heavy atom. The molecule has 1 aromatic heterocycles. The summed E-state index contributed by atoms with van der Waals surface area (Å²) in [5, 5.41) is 4.06. The Bertz CT molecular complexity index is 1350. The summed E-state index contributed by atoms with van der Waals surface area (Å²) < 4.78 is 11.9. The molecule has 164 valence electrons. The Kier molecular flexibility index (Phi) is 5.36. The van der Waals surface area contributed by atoms with Gasteiger partial charge in [0, 0.05) is 5.69 Å². The average Bonchev–Trinajstić information content (AvgIpc) is 2.84. The van der Waals surface area contributed by atoms with Crippen molar-refractivity contribution in [3.05, 3.63) is 85.2 Å². The lowest BCUT2D eigenvalue weighted by Crippen LogP contribution is -2.36. The zero-order chi connectivity index (χ0) is 22.8. The third-order valence-corrected chi connectivity index (χ3v) is 5.37. The first-order valence-corrected chi connectivity index (χ1v) is 10.6. The number of carbonyl (C=O) groups excluding carboxylic acids is 1. The van der Waals surface area contributed by atoms with E-state index in [-0.39, 0.29) is 5.91 Å².